The first kappa shape index (κ1) is 17.6. The summed E-state index contributed by atoms with van der Waals surface area (Å²) < 4.78 is 7.26. The lowest BCUT2D eigenvalue weighted by Crippen LogP contribution is -2.28. The van der Waals surface area contributed by atoms with E-state index in [-0.39, 0.29) is 5.91 Å². The van der Waals surface area contributed by atoms with Gasteiger partial charge in [-0.3, -0.25) is 9.20 Å². The lowest BCUT2D eigenvalue weighted by molar-refractivity contribution is -0.127. The molecule has 136 valence electrons. The smallest absolute Gasteiger partial charge is 0.247 e. The fraction of sp³-hybridized carbons (Fsp3) is 0.100. The van der Waals surface area contributed by atoms with E-state index in [1.54, 1.807) is 28.6 Å². The van der Waals surface area contributed by atoms with Crippen LogP contribution in [0, 0.1) is 0 Å². The molecule has 0 saturated heterocycles. The average Bonchev–Trinajstić information content (AvgIpc) is 3.41. The molecule has 0 aliphatic rings. The van der Waals surface area contributed by atoms with Crippen molar-refractivity contribution in [2.24, 2.45) is 0 Å². The number of carbonyl (C=O) groups is 1. The third-order valence-electron chi connectivity index (χ3n) is 4.07. The molecule has 0 fully saturated rings. The molecule has 1 amide bonds. The second kappa shape index (κ2) is 7.82. The van der Waals surface area contributed by atoms with Crippen molar-refractivity contribution in [2.45, 2.75) is 13.1 Å². The lowest BCUT2D eigenvalue weighted by atomic mass is 10.3. The Hall–Kier alpha value is -2.83. The van der Waals surface area contributed by atoms with E-state index in [9.17, 15) is 4.79 Å². The number of hydrogen-bond donors (Lipinski definition) is 0. The molecule has 7 heteroatoms. The van der Waals surface area contributed by atoms with E-state index in [0.717, 1.165) is 16.3 Å². The number of thiophene rings is 1. The molecule has 27 heavy (non-hydrogen) atoms. The van der Waals surface area contributed by atoms with Gasteiger partial charge in [-0.15, -0.1) is 11.3 Å². The SMILES string of the molecule is O=C(/C=C/c1c(Cl)nc2ccccn12)N(Cc1ccco1)Cc1cccs1. The molecular weight excluding hydrogens is 382 g/mol. The number of nitrogens with zero attached hydrogens (tertiary/aromatic N) is 3. The quantitative estimate of drug-likeness (QED) is 0.435. The monoisotopic (exact) mass is 397 g/mol. The first-order valence-electron chi connectivity index (χ1n) is 8.35. The van der Waals surface area contributed by atoms with Gasteiger partial charge in [-0.2, -0.15) is 0 Å². The van der Waals surface area contributed by atoms with E-state index in [4.69, 9.17) is 16.0 Å². The zero-order valence-corrected chi connectivity index (χ0v) is 15.9. The van der Waals surface area contributed by atoms with Gasteiger partial charge in [-0.1, -0.05) is 23.7 Å². The van der Waals surface area contributed by atoms with Gasteiger partial charge in [-0.25, -0.2) is 4.98 Å². The normalized spacial score (nSPS) is 11.4. The van der Waals surface area contributed by atoms with Crippen molar-refractivity contribution in [2.75, 3.05) is 0 Å². The average molecular weight is 398 g/mol. The summed E-state index contributed by atoms with van der Waals surface area (Å²) in [6, 6.07) is 13.3. The number of aromatic nitrogens is 2. The summed E-state index contributed by atoms with van der Waals surface area (Å²) in [4.78, 5) is 20.0. The number of pyridine rings is 1. The summed E-state index contributed by atoms with van der Waals surface area (Å²) in [5.74, 6) is 0.614. The Morgan fingerprint density at radius 2 is 2.15 bits per heavy atom. The maximum Gasteiger partial charge on any atom is 0.247 e. The number of fused-ring (bicyclic) bond motifs is 1. The van der Waals surface area contributed by atoms with Gasteiger partial charge in [0.2, 0.25) is 5.91 Å². The Kier molecular flexibility index (Phi) is 5.09. The highest BCUT2D eigenvalue weighted by Crippen LogP contribution is 2.20. The molecule has 0 aliphatic heterocycles. The van der Waals surface area contributed by atoms with Crippen LogP contribution in [0.1, 0.15) is 16.3 Å². The molecule has 0 radical (unpaired) electrons. The first-order valence-corrected chi connectivity index (χ1v) is 9.61. The first-order chi connectivity index (χ1) is 13.2. The summed E-state index contributed by atoms with van der Waals surface area (Å²) in [5, 5.41) is 2.36. The Balaban J connectivity index is 1.58. The summed E-state index contributed by atoms with van der Waals surface area (Å²) in [6.07, 6.45) is 6.70. The van der Waals surface area contributed by atoms with Crippen molar-refractivity contribution in [3.05, 3.63) is 87.9 Å². The Labute approximate surface area is 165 Å². The zero-order chi connectivity index (χ0) is 18.6. The van der Waals surface area contributed by atoms with E-state index in [1.807, 2.05) is 58.4 Å². The molecule has 0 unspecified atom stereocenters. The lowest BCUT2D eigenvalue weighted by Gasteiger charge is -2.19. The van der Waals surface area contributed by atoms with Gasteiger partial charge in [-0.05, 0) is 41.8 Å². The molecule has 0 atom stereocenters. The second-order valence-electron chi connectivity index (χ2n) is 5.90. The highest BCUT2D eigenvalue weighted by molar-refractivity contribution is 7.09. The van der Waals surface area contributed by atoms with Gasteiger partial charge >= 0.3 is 0 Å². The minimum Gasteiger partial charge on any atom is -0.467 e. The minimum absolute atomic E-state index is 0.123. The van der Waals surface area contributed by atoms with Crippen LogP contribution in [0.25, 0.3) is 11.7 Å². The summed E-state index contributed by atoms with van der Waals surface area (Å²) in [7, 11) is 0. The Morgan fingerprint density at radius 1 is 1.22 bits per heavy atom. The van der Waals surface area contributed by atoms with Crippen LogP contribution in [0.3, 0.4) is 0 Å². The van der Waals surface area contributed by atoms with Crippen LogP contribution < -0.4 is 0 Å². The molecule has 0 aromatic carbocycles. The van der Waals surface area contributed by atoms with Crippen LogP contribution in [0.15, 0.2) is 70.8 Å². The van der Waals surface area contributed by atoms with E-state index < -0.39 is 0 Å². The number of halogens is 1. The third kappa shape index (κ3) is 3.97. The number of furan rings is 1. The molecule has 4 heterocycles. The molecule has 5 nitrogen and oxygen atoms in total. The van der Waals surface area contributed by atoms with Crippen LogP contribution in [0.2, 0.25) is 5.15 Å². The van der Waals surface area contributed by atoms with Gasteiger partial charge in [0.1, 0.15) is 11.4 Å². The molecule has 0 bridgehead atoms. The number of carbonyl (C=O) groups excluding carboxylic acids is 1. The van der Waals surface area contributed by atoms with Crippen molar-refractivity contribution < 1.29 is 9.21 Å². The zero-order valence-electron chi connectivity index (χ0n) is 14.3. The fourth-order valence-electron chi connectivity index (χ4n) is 2.78. The van der Waals surface area contributed by atoms with Crippen molar-refractivity contribution >= 4 is 40.6 Å². The number of hydrogen-bond acceptors (Lipinski definition) is 4. The topological polar surface area (TPSA) is 50.8 Å². The van der Waals surface area contributed by atoms with Crippen LogP contribution in [-0.4, -0.2) is 20.2 Å². The van der Waals surface area contributed by atoms with E-state index >= 15 is 0 Å². The van der Waals surface area contributed by atoms with E-state index in [2.05, 4.69) is 4.98 Å². The van der Waals surface area contributed by atoms with Crippen LogP contribution in [-0.2, 0) is 17.9 Å². The highest BCUT2D eigenvalue weighted by Gasteiger charge is 2.15. The third-order valence-corrected chi connectivity index (χ3v) is 5.21. The summed E-state index contributed by atoms with van der Waals surface area (Å²) in [5.41, 5.74) is 1.41. The van der Waals surface area contributed by atoms with Gasteiger partial charge < -0.3 is 9.32 Å². The minimum atomic E-state index is -0.123. The molecule has 0 saturated carbocycles. The summed E-state index contributed by atoms with van der Waals surface area (Å²) in [6.45, 7) is 0.914. The molecule has 4 aromatic rings. The van der Waals surface area contributed by atoms with Gasteiger partial charge in [0.15, 0.2) is 5.15 Å². The van der Waals surface area contributed by atoms with Crippen LogP contribution >= 0.6 is 22.9 Å². The van der Waals surface area contributed by atoms with E-state index in [1.165, 1.54) is 6.08 Å². The maximum atomic E-state index is 12.9. The van der Waals surface area contributed by atoms with Crippen molar-refractivity contribution in [3.8, 4) is 0 Å². The predicted octanol–water partition coefficient (Wildman–Crippen LogP) is 4.88. The van der Waals surface area contributed by atoms with Crippen LogP contribution in [0.5, 0.6) is 0 Å². The Morgan fingerprint density at radius 3 is 2.93 bits per heavy atom. The molecule has 0 spiro atoms. The number of rotatable bonds is 6. The molecule has 4 aromatic heterocycles. The van der Waals surface area contributed by atoms with Crippen molar-refractivity contribution in [3.63, 3.8) is 0 Å². The highest BCUT2D eigenvalue weighted by atomic mass is 35.5. The van der Waals surface area contributed by atoms with Gasteiger partial charge in [0.05, 0.1) is 25.0 Å². The molecular formula is C20H16ClN3O2S. The van der Waals surface area contributed by atoms with Crippen molar-refractivity contribution in [1.82, 2.24) is 14.3 Å². The van der Waals surface area contributed by atoms with Gasteiger partial charge in [0.25, 0.3) is 0 Å². The standard InChI is InChI=1S/C20H16ClN3O2S/c21-20-17(24-10-2-1-7-18(24)22-20)8-9-19(25)23(13-15-5-3-11-26-15)14-16-6-4-12-27-16/h1-12H,13-14H2/b9-8+. The summed E-state index contributed by atoms with van der Waals surface area (Å²) >= 11 is 7.86. The van der Waals surface area contributed by atoms with Gasteiger partial charge in [0, 0.05) is 17.2 Å². The fourth-order valence-corrected chi connectivity index (χ4v) is 3.74. The molecule has 4 rings (SSSR count). The van der Waals surface area contributed by atoms with Crippen LogP contribution in [0.4, 0.5) is 0 Å². The molecule has 0 aliphatic carbocycles. The number of amides is 1. The maximum absolute atomic E-state index is 12.9. The molecule has 0 N–H and O–H groups in total. The predicted molar refractivity (Wildman–Crippen MR) is 107 cm³/mol. The van der Waals surface area contributed by atoms with Crippen molar-refractivity contribution in [1.29, 1.82) is 0 Å². The second-order valence-corrected chi connectivity index (χ2v) is 7.29. The largest absolute Gasteiger partial charge is 0.467 e. The number of imidazole rings is 1. The van der Waals surface area contributed by atoms with E-state index in [0.29, 0.717) is 23.9 Å². The Bertz CT molecular complexity index is 1030.